The molecule has 68 heavy (non-hydrogen) atoms. The maximum atomic E-state index is 13.3. The van der Waals surface area contributed by atoms with Crippen LogP contribution in [0.3, 0.4) is 0 Å². The van der Waals surface area contributed by atoms with E-state index in [0.717, 1.165) is 98.9 Å². The first-order valence-electron chi connectivity index (χ1n) is 23.0. The summed E-state index contributed by atoms with van der Waals surface area (Å²) in [6.45, 7) is 17.9. The van der Waals surface area contributed by atoms with Crippen molar-refractivity contribution in [2.24, 2.45) is 11.8 Å². The quantitative estimate of drug-likeness (QED) is 0.0886. The van der Waals surface area contributed by atoms with E-state index in [2.05, 4.69) is 71.9 Å². The van der Waals surface area contributed by atoms with Gasteiger partial charge in [-0.1, -0.05) is 57.5 Å². The largest absolute Gasteiger partial charge is 0.399 e. The van der Waals surface area contributed by atoms with Crippen molar-refractivity contribution in [2.75, 3.05) is 65.5 Å². The first-order chi connectivity index (χ1) is 32.1. The summed E-state index contributed by atoms with van der Waals surface area (Å²) in [4.78, 5) is 21.8. The first kappa shape index (κ1) is 50.9. The van der Waals surface area contributed by atoms with E-state index in [0.29, 0.717) is 34.6 Å². The minimum absolute atomic E-state index is 0.133. The zero-order valence-electron chi connectivity index (χ0n) is 40.3. The highest BCUT2D eigenvalue weighted by Gasteiger charge is 2.29. The number of nitrogens with two attached hydrogens (primary N) is 1. The van der Waals surface area contributed by atoms with Crippen LogP contribution in [0.4, 0.5) is 22.7 Å². The standard InChI is InChI=1S/C26H33BrN4O4S.C24H32N4O3S/c1-26(2,3)25-29-22-15-20(7-10-23(22)31(25)17-18-11-13-35-14-12-18)30(4)36(33,34)21-8-5-19(6-9-21)28-24(32)16-27;1-24(2,3)23-26-21-15-19(27(4)32(29,30)20-8-5-18(25)6-9-20)7-10-22(21)28(23)16-17-11-13-31-14-12-17/h5-10,15,18H,11-14,16-17H2,1-4H3,(H,28,32);5-10,15,17H,11-14,16,25H2,1-4H3. The number of halogens is 1. The first-order valence-corrected chi connectivity index (χ1v) is 27.0. The summed E-state index contributed by atoms with van der Waals surface area (Å²) < 4.78 is 71.2. The fourth-order valence-electron chi connectivity index (χ4n) is 8.66. The van der Waals surface area contributed by atoms with Gasteiger partial charge in [0.05, 0.1) is 48.6 Å². The Morgan fingerprint density at radius 2 is 1.04 bits per heavy atom. The Hall–Kier alpha value is -5.01. The van der Waals surface area contributed by atoms with Gasteiger partial charge in [-0.3, -0.25) is 13.4 Å². The summed E-state index contributed by atoms with van der Waals surface area (Å²) in [5.74, 6) is 2.88. The zero-order valence-corrected chi connectivity index (χ0v) is 43.5. The Kier molecular flexibility index (Phi) is 15.4. The zero-order chi connectivity index (χ0) is 49.2. The smallest absolute Gasteiger partial charge is 0.264 e. The van der Waals surface area contributed by atoms with Gasteiger partial charge in [-0.15, -0.1) is 0 Å². The summed E-state index contributed by atoms with van der Waals surface area (Å²) in [5.41, 5.74) is 11.2. The van der Waals surface area contributed by atoms with Crippen molar-refractivity contribution in [1.82, 2.24) is 19.1 Å². The lowest BCUT2D eigenvalue weighted by Crippen LogP contribution is -2.26. The molecule has 2 saturated heterocycles. The van der Waals surface area contributed by atoms with Crippen LogP contribution in [0.2, 0.25) is 0 Å². The molecule has 8 rings (SSSR count). The normalized spacial score (nSPS) is 15.5. The van der Waals surface area contributed by atoms with Crippen molar-refractivity contribution in [3.63, 3.8) is 0 Å². The molecule has 15 nitrogen and oxygen atoms in total. The van der Waals surface area contributed by atoms with Crippen LogP contribution in [-0.2, 0) is 58.2 Å². The fraction of sp³-hybridized carbons (Fsp3) is 0.460. The lowest BCUT2D eigenvalue weighted by atomic mass is 9.94. The number of ether oxygens (including phenoxy) is 2. The van der Waals surface area contributed by atoms with E-state index in [-0.39, 0.29) is 31.9 Å². The molecular weight excluding hydrogens is 969 g/mol. The van der Waals surface area contributed by atoms with Gasteiger partial charge in [-0.25, -0.2) is 26.8 Å². The number of carbonyl (C=O) groups is 1. The van der Waals surface area contributed by atoms with Gasteiger partial charge in [0, 0.05) is 75.8 Å². The number of fused-ring (bicyclic) bond motifs is 2. The van der Waals surface area contributed by atoms with Crippen molar-refractivity contribution in [3.8, 4) is 0 Å². The predicted octanol–water partition coefficient (Wildman–Crippen LogP) is 9.09. The number of hydrogen-bond acceptors (Lipinski definition) is 10. The van der Waals surface area contributed by atoms with Crippen LogP contribution < -0.4 is 19.7 Å². The summed E-state index contributed by atoms with van der Waals surface area (Å²) in [6, 6.07) is 23.7. The molecule has 366 valence electrons. The minimum atomic E-state index is -3.80. The number of alkyl halides is 1. The van der Waals surface area contributed by atoms with Crippen molar-refractivity contribution in [2.45, 2.75) is 101 Å². The molecule has 2 aliphatic rings. The average Bonchev–Trinajstić information content (AvgIpc) is 3.87. The van der Waals surface area contributed by atoms with Gasteiger partial charge in [0.25, 0.3) is 20.0 Å². The van der Waals surface area contributed by atoms with E-state index < -0.39 is 20.0 Å². The minimum Gasteiger partial charge on any atom is -0.399 e. The number of hydrogen-bond donors (Lipinski definition) is 2. The van der Waals surface area contributed by atoms with Crippen molar-refractivity contribution >= 4 is 86.7 Å². The van der Waals surface area contributed by atoms with Gasteiger partial charge in [0.15, 0.2) is 0 Å². The number of nitrogen functional groups attached to an aromatic ring is 1. The van der Waals surface area contributed by atoms with E-state index >= 15 is 0 Å². The molecule has 0 aliphatic carbocycles. The van der Waals surface area contributed by atoms with Crippen LogP contribution in [0.25, 0.3) is 22.1 Å². The molecular formula is C50H65BrN8O7S2. The van der Waals surface area contributed by atoms with Gasteiger partial charge in [0.1, 0.15) is 11.6 Å². The van der Waals surface area contributed by atoms with Crippen molar-refractivity contribution in [1.29, 1.82) is 0 Å². The Labute approximate surface area is 409 Å². The number of nitrogens with one attached hydrogen (secondary N) is 1. The Bertz CT molecular complexity index is 2950. The molecule has 0 radical (unpaired) electrons. The molecule has 2 aromatic heterocycles. The SMILES string of the molecule is CN(c1ccc2c(c1)nc(C(C)(C)C)n2CC1CCOCC1)S(=O)(=O)c1ccc(N)cc1.CN(c1ccc2c(c1)nc(C(C)(C)C)n2CC1CCOCC1)S(=O)(=O)c1ccc(NC(=O)CBr)cc1. The Morgan fingerprint density at radius 3 is 1.41 bits per heavy atom. The van der Waals surface area contributed by atoms with E-state index in [1.165, 1.54) is 32.9 Å². The molecule has 2 fully saturated rings. The van der Waals surface area contributed by atoms with Gasteiger partial charge in [0.2, 0.25) is 5.91 Å². The lowest BCUT2D eigenvalue weighted by molar-refractivity contribution is -0.113. The third kappa shape index (κ3) is 11.4. The topological polar surface area (TPSA) is 184 Å². The number of imidazole rings is 2. The van der Waals surface area contributed by atoms with Gasteiger partial charge in [-0.2, -0.15) is 0 Å². The molecule has 0 unspecified atom stereocenters. The van der Waals surface area contributed by atoms with Crippen LogP contribution in [0.5, 0.6) is 0 Å². The number of anilines is 4. The maximum Gasteiger partial charge on any atom is 0.264 e. The maximum absolute atomic E-state index is 13.3. The summed E-state index contributed by atoms with van der Waals surface area (Å²) >= 11 is 3.10. The number of carbonyl (C=O) groups excluding carboxylic acids is 1. The van der Waals surface area contributed by atoms with Gasteiger partial charge < -0.3 is 29.7 Å². The average molecular weight is 1030 g/mol. The highest BCUT2D eigenvalue weighted by molar-refractivity contribution is 9.09. The van der Waals surface area contributed by atoms with E-state index in [1.54, 1.807) is 38.4 Å². The molecule has 0 saturated carbocycles. The second-order valence-electron chi connectivity index (χ2n) is 19.8. The lowest BCUT2D eigenvalue weighted by Gasteiger charge is -2.26. The molecule has 4 heterocycles. The molecule has 1 amide bonds. The number of benzene rings is 4. The van der Waals surface area contributed by atoms with Crippen molar-refractivity contribution in [3.05, 3.63) is 96.6 Å². The van der Waals surface area contributed by atoms with Crippen molar-refractivity contribution < 1.29 is 31.1 Å². The highest BCUT2D eigenvalue weighted by atomic mass is 79.9. The Balaban J connectivity index is 0.000000203. The fourth-order valence-corrected chi connectivity index (χ4v) is 11.2. The Morgan fingerprint density at radius 1 is 0.662 bits per heavy atom. The second-order valence-corrected chi connectivity index (χ2v) is 24.3. The van der Waals surface area contributed by atoms with Crippen LogP contribution in [-0.4, -0.2) is 87.7 Å². The van der Waals surface area contributed by atoms with E-state index in [1.807, 2.05) is 36.4 Å². The molecule has 18 heteroatoms. The van der Waals surface area contributed by atoms with Crippen LogP contribution >= 0.6 is 15.9 Å². The molecule has 0 spiro atoms. The predicted molar refractivity (Wildman–Crippen MR) is 275 cm³/mol. The summed E-state index contributed by atoms with van der Waals surface area (Å²) in [6.07, 6.45) is 4.15. The van der Waals surface area contributed by atoms with E-state index in [9.17, 15) is 21.6 Å². The summed E-state index contributed by atoms with van der Waals surface area (Å²) in [5, 5.41) is 2.85. The number of sulfonamides is 2. The van der Waals surface area contributed by atoms with Gasteiger partial charge >= 0.3 is 0 Å². The molecule has 0 atom stereocenters. The third-order valence-corrected chi connectivity index (χ3v) is 16.7. The number of rotatable bonds is 12. The third-order valence-electron chi connectivity index (χ3n) is 12.6. The molecule has 0 bridgehead atoms. The monoisotopic (exact) mass is 1030 g/mol. The molecule has 4 aromatic carbocycles. The second kappa shape index (κ2) is 20.5. The number of nitrogens with zero attached hydrogens (tertiary/aromatic N) is 6. The van der Waals surface area contributed by atoms with Crippen LogP contribution in [0.15, 0.2) is 94.7 Å². The molecule has 3 N–H and O–H groups in total. The van der Waals surface area contributed by atoms with E-state index in [4.69, 9.17) is 25.2 Å². The molecule has 2 aliphatic heterocycles. The van der Waals surface area contributed by atoms with Gasteiger partial charge in [-0.05, 0) is 122 Å². The van der Waals surface area contributed by atoms with Crippen LogP contribution in [0.1, 0.15) is 78.9 Å². The molecule has 6 aromatic rings. The number of aromatic nitrogens is 4. The highest BCUT2D eigenvalue weighted by Crippen LogP contribution is 2.35. The number of amides is 1. The summed E-state index contributed by atoms with van der Waals surface area (Å²) in [7, 11) is -4.40. The van der Waals surface area contributed by atoms with Crippen LogP contribution in [0, 0.1) is 11.8 Å².